The van der Waals surface area contributed by atoms with Crippen molar-refractivity contribution in [1.82, 2.24) is 10.3 Å². The van der Waals surface area contributed by atoms with Crippen molar-refractivity contribution < 1.29 is 23.8 Å². The fraction of sp³-hybridized carbons (Fsp3) is 0.593. The summed E-state index contributed by atoms with van der Waals surface area (Å²) in [6, 6.07) is 5.69. The second-order valence-electron chi connectivity index (χ2n) is 10.7. The first-order valence-corrected chi connectivity index (χ1v) is 12.3. The number of allylic oxidation sites excluding steroid dienone is 1. The Morgan fingerprint density at radius 2 is 2.06 bits per heavy atom. The van der Waals surface area contributed by atoms with Crippen LogP contribution in [0, 0.1) is 22.7 Å². The molecule has 3 fully saturated rings. The molecular formula is C27H34N2O5. The summed E-state index contributed by atoms with van der Waals surface area (Å²) in [6.45, 7) is 10.4. The molecule has 0 radical (unpaired) electrons. The SMILES string of the molecule is C=C1CCC2[C@@](C)(CC[C@H]3OC(=O)OC[C@@]23C)C1CC(NCc1ccccn1)C1=CCOC1=O. The van der Waals surface area contributed by atoms with Gasteiger partial charge in [0.1, 0.15) is 19.3 Å². The van der Waals surface area contributed by atoms with E-state index in [1.165, 1.54) is 5.57 Å². The molecule has 2 aliphatic heterocycles. The molecule has 7 nitrogen and oxygen atoms in total. The topological polar surface area (TPSA) is 86.8 Å². The molecule has 0 bridgehead atoms. The molecule has 4 aliphatic rings. The van der Waals surface area contributed by atoms with Gasteiger partial charge in [-0.15, -0.1) is 0 Å². The number of rotatable bonds is 6. The van der Waals surface area contributed by atoms with E-state index in [0.29, 0.717) is 31.2 Å². The third-order valence-corrected chi connectivity index (χ3v) is 8.91. The summed E-state index contributed by atoms with van der Waals surface area (Å²) >= 11 is 0. The van der Waals surface area contributed by atoms with Crippen LogP contribution in [0.2, 0.25) is 0 Å². The second-order valence-corrected chi connectivity index (χ2v) is 10.7. The molecule has 0 aromatic carbocycles. The largest absolute Gasteiger partial charge is 0.508 e. The lowest BCUT2D eigenvalue weighted by atomic mass is 9.45. The van der Waals surface area contributed by atoms with Gasteiger partial charge in [-0.2, -0.15) is 0 Å². The minimum atomic E-state index is -0.548. The summed E-state index contributed by atoms with van der Waals surface area (Å²) in [5, 5.41) is 3.59. The highest BCUT2D eigenvalue weighted by atomic mass is 16.7. The van der Waals surface area contributed by atoms with Crippen molar-refractivity contribution in [3.8, 4) is 0 Å². The van der Waals surface area contributed by atoms with Crippen molar-refractivity contribution in [3.05, 3.63) is 53.9 Å². The monoisotopic (exact) mass is 466 g/mol. The highest BCUT2D eigenvalue weighted by Crippen LogP contribution is 2.63. The Hall–Kier alpha value is -2.67. The molecule has 7 heteroatoms. The molecular weight excluding hydrogens is 432 g/mol. The van der Waals surface area contributed by atoms with Crippen molar-refractivity contribution in [2.45, 2.75) is 64.6 Å². The van der Waals surface area contributed by atoms with Crippen LogP contribution in [0.25, 0.3) is 0 Å². The van der Waals surface area contributed by atoms with Crippen molar-refractivity contribution in [2.75, 3.05) is 13.2 Å². The maximum atomic E-state index is 12.5. The molecule has 5 rings (SSSR count). The van der Waals surface area contributed by atoms with Crippen LogP contribution >= 0.6 is 0 Å². The van der Waals surface area contributed by atoms with Crippen LogP contribution < -0.4 is 5.32 Å². The van der Waals surface area contributed by atoms with Crippen LogP contribution in [0.5, 0.6) is 0 Å². The van der Waals surface area contributed by atoms with Gasteiger partial charge in [-0.1, -0.05) is 32.1 Å². The number of fused-ring (bicyclic) bond motifs is 3. The van der Waals surface area contributed by atoms with E-state index in [1.54, 1.807) is 6.20 Å². The standard InChI is InChI=1S/C27H34N2O5/c1-17-7-8-22-26(2,11-9-23-27(22,3)16-33-25(31)34-23)20(17)14-21(19-10-13-32-24(19)30)29-15-18-6-4-5-12-28-18/h4-6,10,12,20-23,29H,1,7-9,11,13-16H2,2-3H3/t20?,21?,22?,23-,26+,27+/m1/s1. The summed E-state index contributed by atoms with van der Waals surface area (Å²) in [6.07, 6.45) is 7.50. The number of pyridine rings is 1. The summed E-state index contributed by atoms with van der Waals surface area (Å²) in [5.41, 5.74) is 2.62. The van der Waals surface area contributed by atoms with E-state index in [0.717, 1.165) is 37.8 Å². The van der Waals surface area contributed by atoms with Crippen LogP contribution in [0.1, 0.15) is 51.6 Å². The van der Waals surface area contributed by atoms with Gasteiger partial charge in [0.2, 0.25) is 0 Å². The van der Waals surface area contributed by atoms with Crippen molar-refractivity contribution in [1.29, 1.82) is 0 Å². The lowest BCUT2D eigenvalue weighted by Gasteiger charge is -2.61. The zero-order chi connectivity index (χ0) is 23.9. The third kappa shape index (κ3) is 3.94. The molecule has 2 saturated carbocycles. The zero-order valence-corrected chi connectivity index (χ0v) is 20.0. The summed E-state index contributed by atoms with van der Waals surface area (Å²) < 4.78 is 16.3. The van der Waals surface area contributed by atoms with E-state index < -0.39 is 6.16 Å². The zero-order valence-electron chi connectivity index (χ0n) is 20.0. The predicted molar refractivity (Wildman–Crippen MR) is 126 cm³/mol. The number of nitrogens with zero attached hydrogens (tertiary/aromatic N) is 1. The minimum Gasteiger partial charge on any atom is -0.458 e. The molecule has 3 unspecified atom stereocenters. The Balaban J connectivity index is 1.41. The number of carbonyl (C=O) groups is 2. The number of aromatic nitrogens is 1. The molecule has 0 spiro atoms. The summed E-state index contributed by atoms with van der Waals surface area (Å²) in [7, 11) is 0. The van der Waals surface area contributed by atoms with E-state index in [2.05, 4.69) is 30.7 Å². The highest BCUT2D eigenvalue weighted by molar-refractivity contribution is 5.91. The highest BCUT2D eigenvalue weighted by Gasteiger charge is 2.61. The van der Waals surface area contributed by atoms with Crippen molar-refractivity contribution in [3.63, 3.8) is 0 Å². The number of esters is 1. The smallest absolute Gasteiger partial charge is 0.458 e. The maximum Gasteiger partial charge on any atom is 0.508 e. The minimum absolute atomic E-state index is 0.0261. The fourth-order valence-corrected chi connectivity index (χ4v) is 7.10. The van der Waals surface area contributed by atoms with E-state index in [9.17, 15) is 9.59 Å². The van der Waals surface area contributed by atoms with Crippen LogP contribution in [-0.2, 0) is 25.5 Å². The Morgan fingerprint density at radius 3 is 2.79 bits per heavy atom. The molecule has 1 aromatic heterocycles. The lowest BCUT2D eigenvalue weighted by Crippen LogP contribution is -2.61. The van der Waals surface area contributed by atoms with Gasteiger partial charge in [0.15, 0.2) is 0 Å². The van der Waals surface area contributed by atoms with Gasteiger partial charge in [-0.05, 0) is 67.6 Å². The first kappa shape index (κ1) is 23.1. The van der Waals surface area contributed by atoms with E-state index in [-0.39, 0.29) is 34.9 Å². The molecule has 1 saturated heterocycles. The van der Waals surface area contributed by atoms with Gasteiger partial charge >= 0.3 is 12.1 Å². The van der Waals surface area contributed by atoms with E-state index in [4.69, 9.17) is 14.2 Å². The number of hydrogen-bond donors (Lipinski definition) is 1. The van der Waals surface area contributed by atoms with Crippen LogP contribution in [0.15, 0.2) is 48.2 Å². The van der Waals surface area contributed by atoms with Gasteiger partial charge in [0, 0.05) is 24.2 Å². The van der Waals surface area contributed by atoms with Gasteiger partial charge in [-0.25, -0.2) is 9.59 Å². The first-order valence-electron chi connectivity index (χ1n) is 12.3. The van der Waals surface area contributed by atoms with Gasteiger partial charge in [0.05, 0.1) is 11.3 Å². The van der Waals surface area contributed by atoms with Crippen molar-refractivity contribution in [2.24, 2.45) is 22.7 Å². The van der Waals surface area contributed by atoms with Gasteiger partial charge in [0.25, 0.3) is 0 Å². The Labute approximate surface area is 200 Å². The molecule has 182 valence electrons. The predicted octanol–water partition coefficient (Wildman–Crippen LogP) is 4.34. The molecule has 3 heterocycles. The van der Waals surface area contributed by atoms with Crippen molar-refractivity contribution >= 4 is 12.1 Å². The van der Waals surface area contributed by atoms with E-state index >= 15 is 0 Å². The Kier molecular flexibility index (Phi) is 6.00. The van der Waals surface area contributed by atoms with Crippen LogP contribution in [0.3, 0.4) is 0 Å². The van der Waals surface area contributed by atoms with E-state index in [1.807, 2.05) is 24.3 Å². The average molecular weight is 467 g/mol. The molecule has 0 amide bonds. The normalized spacial score (nSPS) is 35.9. The number of ether oxygens (including phenoxy) is 3. The summed E-state index contributed by atoms with van der Waals surface area (Å²) in [4.78, 5) is 28.8. The average Bonchev–Trinajstić information content (AvgIpc) is 3.25. The Morgan fingerprint density at radius 1 is 1.21 bits per heavy atom. The molecule has 2 aliphatic carbocycles. The number of carbonyl (C=O) groups excluding carboxylic acids is 2. The fourth-order valence-electron chi connectivity index (χ4n) is 7.10. The number of hydrogen-bond acceptors (Lipinski definition) is 7. The van der Waals surface area contributed by atoms with Gasteiger partial charge in [-0.3, -0.25) is 4.98 Å². The molecule has 1 aromatic rings. The molecule has 1 N–H and O–H groups in total. The first-order chi connectivity index (χ1) is 16.3. The molecule has 6 atom stereocenters. The van der Waals surface area contributed by atoms with Crippen LogP contribution in [-0.4, -0.2) is 42.5 Å². The quantitative estimate of drug-likeness (QED) is 0.493. The molecule has 34 heavy (non-hydrogen) atoms. The Bertz CT molecular complexity index is 1010. The number of cyclic esters (lactones) is 2. The summed E-state index contributed by atoms with van der Waals surface area (Å²) in [5.74, 6) is 0.311. The second kappa shape index (κ2) is 8.84. The maximum absolute atomic E-state index is 12.5. The van der Waals surface area contributed by atoms with Gasteiger partial charge < -0.3 is 19.5 Å². The van der Waals surface area contributed by atoms with Crippen LogP contribution in [0.4, 0.5) is 4.79 Å². The third-order valence-electron chi connectivity index (χ3n) is 8.91. The lowest BCUT2D eigenvalue weighted by molar-refractivity contribution is -0.193. The number of nitrogens with one attached hydrogen (secondary N) is 1.